The summed E-state index contributed by atoms with van der Waals surface area (Å²) in [5.41, 5.74) is 8.77. The van der Waals surface area contributed by atoms with E-state index >= 15 is 0 Å². The van der Waals surface area contributed by atoms with Gasteiger partial charge in [0.05, 0.1) is 12.0 Å². The molecule has 3 rings (SSSR count). The smallest absolute Gasteiger partial charge is 0.255 e. The van der Waals surface area contributed by atoms with Crippen LogP contribution in [0.1, 0.15) is 24.6 Å². The van der Waals surface area contributed by atoms with E-state index in [2.05, 4.69) is 17.1 Å². The van der Waals surface area contributed by atoms with E-state index in [1.165, 1.54) is 10.1 Å². The molecule has 0 saturated heterocycles. The van der Waals surface area contributed by atoms with Crippen LogP contribution in [0.5, 0.6) is 0 Å². The Hall–Kier alpha value is -2.82. The second-order valence-electron chi connectivity index (χ2n) is 5.77. The molecular weight excluding hydrogens is 302 g/mol. The number of aromatic nitrogens is 2. The van der Waals surface area contributed by atoms with Gasteiger partial charge in [0.15, 0.2) is 0 Å². The van der Waals surface area contributed by atoms with Crippen LogP contribution in [0.3, 0.4) is 0 Å². The summed E-state index contributed by atoms with van der Waals surface area (Å²) in [6, 6.07) is 13.6. The Morgan fingerprint density at radius 2 is 2.04 bits per heavy atom. The van der Waals surface area contributed by atoms with Crippen molar-refractivity contribution in [1.29, 1.82) is 0 Å². The van der Waals surface area contributed by atoms with Crippen molar-refractivity contribution in [2.24, 2.45) is 0 Å². The number of benzene rings is 1. The maximum absolute atomic E-state index is 12.1. The first-order valence-electron chi connectivity index (χ1n) is 8.16. The molecule has 3 aromatic rings. The second-order valence-corrected chi connectivity index (χ2v) is 5.77. The highest BCUT2D eigenvalue weighted by Gasteiger charge is 2.07. The van der Waals surface area contributed by atoms with Gasteiger partial charge in [-0.2, -0.15) is 0 Å². The van der Waals surface area contributed by atoms with Crippen molar-refractivity contribution >= 4 is 5.95 Å². The molecule has 0 radical (unpaired) electrons. The van der Waals surface area contributed by atoms with Gasteiger partial charge < -0.3 is 10.2 Å². The molecule has 0 aliphatic heterocycles. The highest BCUT2D eigenvalue weighted by atomic mass is 16.3. The lowest BCUT2D eigenvalue weighted by Crippen LogP contribution is -2.24. The maximum Gasteiger partial charge on any atom is 0.255 e. The Morgan fingerprint density at radius 1 is 1.17 bits per heavy atom. The first-order valence-corrected chi connectivity index (χ1v) is 8.16. The van der Waals surface area contributed by atoms with E-state index in [0.717, 1.165) is 29.9 Å². The van der Waals surface area contributed by atoms with Crippen LogP contribution in [0.15, 0.2) is 57.9 Å². The standard InChI is InChI=1S/C19H21N3O2/c1-2-10-22-18(23)13-16(21-19(22)20)9-8-14-5-3-6-15(12-14)17-7-4-11-24-17/h3-7,11-13H,2,8-10H2,1H3,(H2,20,21). The van der Waals surface area contributed by atoms with Crippen molar-refractivity contribution in [2.45, 2.75) is 32.7 Å². The van der Waals surface area contributed by atoms with Crippen LogP contribution in [0.2, 0.25) is 0 Å². The van der Waals surface area contributed by atoms with Crippen LogP contribution in [0, 0.1) is 0 Å². The minimum Gasteiger partial charge on any atom is -0.464 e. The van der Waals surface area contributed by atoms with E-state index in [1.54, 1.807) is 12.3 Å². The molecule has 0 fully saturated rings. The second kappa shape index (κ2) is 7.17. The predicted molar refractivity (Wildman–Crippen MR) is 94.8 cm³/mol. The number of nitrogens with zero attached hydrogens (tertiary/aromatic N) is 2. The Morgan fingerprint density at radius 3 is 2.75 bits per heavy atom. The molecular formula is C19H21N3O2. The van der Waals surface area contributed by atoms with E-state index in [-0.39, 0.29) is 5.56 Å². The first kappa shape index (κ1) is 16.1. The zero-order chi connectivity index (χ0) is 16.9. The van der Waals surface area contributed by atoms with E-state index in [1.807, 2.05) is 31.2 Å². The van der Waals surface area contributed by atoms with E-state index in [0.29, 0.717) is 18.9 Å². The zero-order valence-corrected chi connectivity index (χ0v) is 13.7. The summed E-state index contributed by atoms with van der Waals surface area (Å²) in [6.07, 6.45) is 3.98. The average Bonchev–Trinajstić information content (AvgIpc) is 3.11. The van der Waals surface area contributed by atoms with E-state index in [9.17, 15) is 4.79 Å². The van der Waals surface area contributed by atoms with Gasteiger partial charge >= 0.3 is 0 Å². The maximum atomic E-state index is 12.1. The lowest BCUT2D eigenvalue weighted by atomic mass is 10.0. The van der Waals surface area contributed by atoms with Gasteiger partial charge in [-0.1, -0.05) is 25.1 Å². The Labute approximate surface area is 140 Å². The number of furan rings is 1. The molecule has 0 aliphatic rings. The molecule has 124 valence electrons. The predicted octanol–water partition coefficient (Wildman–Crippen LogP) is 3.28. The topological polar surface area (TPSA) is 74.1 Å². The third-order valence-corrected chi connectivity index (χ3v) is 3.94. The quantitative estimate of drug-likeness (QED) is 0.755. The zero-order valence-electron chi connectivity index (χ0n) is 13.7. The first-order chi connectivity index (χ1) is 11.7. The SMILES string of the molecule is CCCn1c(N)nc(CCc2cccc(-c3ccco3)c2)cc1=O. The van der Waals surface area contributed by atoms with Gasteiger partial charge in [0, 0.05) is 18.2 Å². The molecule has 0 saturated carbocycles. The number of nitrogens with two attached hydrogens (primary N) is 1. The number of hydrogen-bond donors (Lipinski definition) is 1. The fourth-order valence-corrected chi connectivity index (χ4v) is 2.74. The Kier molecular flexibility index (Phi) is 4.79. The number of hydrogen-bond acceptors (Lipinski definition) is 4. The van der Waals surface area contributed by atoms with Gasteiger partial charge in [0.1, 0.15) is 5.76 Å². The van der Waals surface area contributed by atoms with Crippen molar-refractivity contribution in [3.63, 3.8) is 0 Å². The molecule has 2 N–H and O–H groups in total. The molecule has 0 aliphatic carbocycles. The van der Waals surface area contributed by atoms with Crippen LogP contribution < -0.4 is 11.3 Å². The molecule has 24 heavy (non-hydrogen) atoms. The Bertz CT molecular complexity index is 867. The lowest BCUT2D eigenvalue weighted by molar-refractivity contribution is 0.582. The summed E-state index contributed by atoms with van der Waals surface area (Å²) < 4.78 is 6.95. The minimum atomic E-state index is -0.0799. The summed E-state index contributed by atoms with van der Waals surface area (Å²) in [5.74, 6) is 1.14. The molecule has 2 aromatic heterocycles. The summed E-state index contributed by atoms with van der Waals surface area (Å²) >= 11 is 0. The van der Waals surface area contributed by atoms with Gasteiger partial charge in [-0.25, -0.2) is 4.98 Å². The lowest BCUT2D eigenvalue weighted by Gasteiger charge is -2.09. The third kappa shape index (κ3) is 3.56. The van der Waals surface area contributed by atoms with E-state index in [4.69, 9.17) is 10.2 Å². The van der Waals surface area contributed by atoms with Crippen molar-refractivity contribution in [1.82, 2.24) is 9.55 Å². The number of rotatable bonds is 6. The summed E-state index contributed by atoms with van der Waals surface area (Å²) in [4.78, 5) is 16.5. The van der Waals surface area contributed by atoms with Crippen LogP contribution in [0.4, 0.5) is 5.95 Å². The number of aryl methyl sites for hydroxylation is 2. The molecule has 1 aromatic carbocycles. The summed E-state index contributed by atoms with van der Waals surface area (Å²) in [6.45, 7) is 2.61. The Balaban J connectivity index is 1.74. The van der Waals surface area contributed by atoms with Crippen LogP contribution >= 0.6 is 0 Å². The van der Waals surface area contributed by atoms with E-state index < -0.39 is 0 Å². The molecule has 5 heteroatoms. The van der Waals surface area contributed by atoms with Crippen LogP contribution in [-0.2, 0) is 19.4 Å². The van der Waals surface area contributed by atoms with Crippen molar-refractivity contribution in [3.05, 3.63) is 70.3 Å². The number of nitrogen functional groups attached to an aromatic ring is 1. The molecule has 0 spiro atoms. The summed E-state index contributed by atoms with van der Waals surface area (Å²) in [7, 11) is 0. The largest absolute Gasteiger partial charge is 0.464 e. The van der Waals surface area contributed by atoms with Gasteiger partial charge in [-0.05, 0) is 43.0 Å². The number of anilines is 1. The normalized spacial score (nSPS) is 10.9. The molecule has 0 atom stereocenters. The van der Waals surface area contributed by atoms with Crippen molar-refractivity contribution in [3.8, 4) is 11.3 Å². The average molecular weight is 323 g/mol. The van der Waals surface area contributed by atoms with Gasteiger partial charge in [-0.15, -0.1) is 0 Å². The third-order valence-electron chi connectivity index (χ3n) is 3.94. The van der Waals surface area contributed by atoms with Crippen LogP contribution in [0.25, 0.3) is 11.3 Å². The fourth-order valence-electron chi connectivity index (χ4n) is 2.74. The van der Waals surface area contributed by atoms with Gasteiger partial charge in [-0.3, -0.25) is 9.36 Å². The van der Waals surface area contributed by atoms with Crippen LogP contribution in [-0.4, -0.2) is 9.55 Å². The van der Waals surface area contributed by atoms with Gasteiger partial charge in [0.25, 0.3) is 5.56 Å². The highest BCUT2D eigenvalue weighted by Crippen LogP contribution is 2.21. The fraction of sp³-hybridized carbons (Fsp3) is 0.263. The monoisotopic (exact) mass is 323 g/mol. The molecule has 0 unspecified atom stereocenters. The highest BCUT2D eigenvalue weighted by molar-refractivity contribution is 5.58. The molecule has 0 amide bonds. The molecule has 0 bridgehead atoms. The molecule has 2 heterocycles. The molecule has 5 nitrogen and oxygen atoms in total. The van der Waals surface area contributed by atoms with Crippen molar-refractivity contribution < 1.29 is 4.42 Å². The summed E-state index contributed by atoms with van der Waals surface area (Å²) in [5, 5.41) is 0. The minimum absolute atomic E-state index is 0.0799. The van der Waals surface area contributed by atoms with Gasteiger partial charge in [0.2, 0.25) is 5.95 Å². The van der Waals surface area contributed by atoms with Crippen molar-refractivity contribution in [2.75, 3.05) is 5.73 Å².